The highest BCUT2D eigenvalue weighted by atomic mass is 16.4. The summed E-state index contributed by atoms with van der Waals surface area (Å²) in [5.74, 6) is 0. The lowest BCUT2D eigenvalue weighted by Crippen LogP contribution is -2.49. The molecule has 58 valence electrons. The molecule has 0 saturated carbocycles. The van der Waals surface area contributed by atoms with E-state index in [1.165, 1.54) is 12.2 Å². The van der Waals surface area contributed by atoms with Gasteiger partial charge in [-0.05, 0) is 0 Å². The molecule has 1 aliphatic rings. The number of hydrogen-bond acceptors (Lipinski definition) is 4. The first kappa shape index (κ1) is 7.68. The molecule has 0 heterocycles. The fourth-order valence-corrected chi connectivity index (χ4v) is 0.900. The second-order valence-corrected chi connectivity index (χ2v) is 2.43. The lowest BCUT2D eigenvalue weighted by atomic mass is 9.95. The maximum atomic E-state index is 9.03. The molecule has 0 saturated heterocycles. The Labute approximate surface area is 58.6 Å². The van der Waals surface area contributed by atoms with Crippen LogP contribution in [0.5, 0.6) is 0 Å². The molecular weight excluding hydrogens is 134 g/mol. The maximum absolute atomic E-state index is 9.03. The number of hydrogen-bond donors (Lipinski definition) is 4. The molecule has 5 N–H and O–H groups in total. The topological polar surface area (TPSA) is 86.7 Å². The van der Waals surface area contributed by atoms with Crippen LogP contribution in [-0.4, -0.2) is 39.7 Å². The van der Waals surface area contributed by atoms with Crippen molar-refractivity contribution < 1.29 is 15.3 Å². The summed E-state index contributed by atoms with van der Waals surface area (Å²) in [7, 11) is 0. The minimum atomic E-state index is -1.15. The second-order valence-electron chi connectivity index (χ2n) is 2.43. The summed E-state index contributed by atoms with van der Waals surface area (Å²) in [4.78, 5) is 0. The Morgan fingerprint density at radius 2 is 1.60 bits per heavy atom. The quantitative estimate of drug-likeness (QED) is 0.296. The first-order valence-corrected chi connectivity index (χ1v) is 3.11. The third kappa shape index (κ3) is 1.19. The molecule has 0 aromatic heterocycles. The first-order chi connectivity index (χ1) is 4.63. The van der Waals surface area contributed by atoms with Gasteiger partial charge in [0.05, 0.1) is 6.04 Å². The van der Waals surface area contributed by atoms with Crippen LogP contribution in [-0.2, 0) is 0 Å². The molecule has 0 radical (unpaired) electrons. The van der Waals surface area contributed by atoms with Crippen LogP contribution < -0.4 is 5.73 Å². The molecular formula is C6H11NO3. The van der Waals surface area contributed by atoms with Crippen LogP contribution in [0.15, 0.2) is 12.2 Å². The lowest BCUT2D eigenvalue weighted by molar-refractivity contribution is -0.0518. The summed E-state index contributed by atoms with van der Waals surface area (Å²) in [6.07, 6.45) is -0.348. The van der Waals surface area contributed by atoms with Gasteiger partial charge in [0.2, 0.25) is 0 Å². The molecule has 4 nitrogen and oxygen atoms in total. The van der Waals surface area contributed by atoms with Gasteiger partial charge in [0.15, 0.2) is 0 Å². The molecule has 0 aromatic carbocycles. The zero-order chi connectivity index (χ0) is 7.72. The molecule has 0 aromatic rings. The van der Waals surface area contributed by atoms with E-state index < -0.39 is 24.4 Å². The summed E-state index contributed by atoms with van der Waals surface area (Å²) >= 11 is 0. The van der Waals surface area contributed by atoms with Crippen LogP contribution in [0.2, 0.25) is 0 Å². The second kappa shape index (κ2) is 2.67. The number of aliphatic hydroxyl groups excluding tert-OH is 3. The van der Waals surface area contributed by atoms with Crippen molar-refractivity contribution in [3.63, 3.8) is 0 Å². The fourth-order valence-electron chi connectivity index (χ4n) is 0.900. The Kier molecular flexibility index (Phi) is 2.05. The van der Waals surface area contributed by atoms with E-state index in [1.807, 2.05) is 0 Å². The van der Waals surface area contributed by atoms with Crippen molar-refractivity contribution >= 4 is 0 Å². The Morgan fingerprint density at radius 1 is 1.00 bits per heavy atom. The van der Waals surface area contributed by atoms with E-state index in [4.69, 9.17) is 21.1 Å². The van der Waals surface area contributed by atoms with Crippen molar-refractivity contribution in [3.05, 3.63) is 12.2 Å². The molecule has 0 amide bonds. The van der Waals surface area contributed by atoms with E-state index >= 15 is 0 Å². The summed E-state index contributed by atoms with van der Waals surface area (Å²) in [5, 5.41) is 26.9. The summed E-state index contributed by atoms with van der Waals surface area (Å²) in [6, 6.07) is -0.571. The molecule has 0 unspecified atom stereocenters. The monoisotopic (exact) mass is 145 g/mol. The fraction of sp³-hybridized carbons (Fsp3) is 0.667. The standard InChI is InChI=1S/C6H11NO3/c7-3-1-2-4(8)6(10)5(3)9/h1-6,8-10H,7H2/t3-,4+,5+,6-/m1/s1. The molecule has 4 atom stereocenters. The lowest BCUT2D eigenvalue weighted by Gasteiger charge is -2.28. The van der Waals surface area contributed by atoms with E-state index in [2.05, 4.69) is 0 Å². The third-order valence-electron chi connectivity index (χ3n) is 1.62. The van der Waals surface area contributed by atoms with E-state index in [0.29, 0.717) is 0 Å². The van der Waals surface area contributed by atoms with Crippen LogP contribution in [0.25, 0.3) is 0 Å². The van der Waals surface area contributed by atoms with Crippen LogP contribution in [0.4, 0.5) is 0 Å². The average molecular weight is 145 g/mol. The van der Waals surface area contributed by atoms with Crippen molar-refractivity contribution in [1.29, 1.82) is 0 Å². The van der Waals surface area contributed by atoms with Crippen molar-refractivity contribution in [2.45, 2.75) is 24.4 Å². The van der Waals surface area contributed by atoms with Crippen LogP contribution in [0, 0.1) is 0 Å². The molecule has 0 bridgehead atoms. The Balaban J connectivity index is 2.69. The maximum Gasteiger partial charge on any atom is 0.111 e. The van der Waals surface area contributed by atoms with Crippen LogP contribution >= 0.6 is 0 Å². The molecule has 0 spiro atoms. The summed E-state index contributed by atoms with van der Waals surface area (Å²) < 4.78 is 0. The molecule has 0 fully saturated rings. The molecule has 4 heteroatoms. The minimum Gasteiger partial charge on any atom is -0.388 e. The van der Waals surface area contributed by atoms with Gasteiger partial charge >= 0.3 is 0 Å². The van der Waals surface area contributed by atoms with Crippen molar-refractivity contribution in [3.8, 4) is 0 Å². The number of nitrogens with two attached hydrogens (primary N) is 1. The Morgan fingerprint density at radius 3 is 2.10 bits per heavy atom. The first-order valence-electron chi connectivity index (χ1n) is 3.11. The average Bonchev–Trinajstić information content (AvgIpc) is 1.93. The van der Waals surface area contributed by atoms with Crippen LogP contribution in [0.3, 0.4) is 0 Å². The van der Waals surface area contributed by atoms with Gasteiger partial charge < -0.3 is 21.1 Å². The van der Waals surface area contributed by atoms with E-state index in [9.17, 15) is 0 Å². The zero-order valence-electron chi connectivity index (χ0n) is 5.38. The number of rotatable bonds is 0. The molecule has 1 rings (SSSR count). The highest BCUT2D eigenvalue weighted by Gasteiger charge is 2.30. The molecule has 10 heavy (non-hydrogen) atoms. The van der Waals surface area contributed by atoms with E-state index in [0.717, 1.165) is 0 Å². The predicted octanol–water partition coefficient (Wildman–Crippen LogP) is -2.03. The Hall–Kier alpha value is -0.420. The molecule has 1 aliphatic carbocycles. The van der Waals surface area contributed by atoms with Gasteiger partial charge in [0.1, 0.15) is 18.3 Å². The van der Waals surface area contributed by atoms with Gasteiger partial charge in [0.25, 0.3) is 0 Å². The van der Waals surface area contributed by atoms with Crippen molar-refractivity contribution in [2.75, 3.05) is 0 Å². The SMILES string of the molecule is N[C@@H]1C=C[C@H](O)[C@@H](O)[C@H]1O. The smallest absolute Gasteiger partial charge is 0.111 e. The van der Waals surface area contributed by atoms with Crippen LogP contribution in [0.1, 0.15) is 0 Å². The summed E-state index contributed by atoms with van der Waals surface area (Å²) in [5.41, 5.74) is 5.32. The minimum absolute atomic E-state index is 0.571. The van der Waals surface area contributed by atoms with E-state index in [-0.39, 0.29) is 0 Å². The highest BCUT2D eigenvalue weighted by molar-refractivity contribution is 5.09. The largest absolute Gasteiger partial charge is 0.388 e. The highest BCUT2D eigenvalue weighted by Crippen LogP contribution is 2.11. The predicted molar refractivity (Wildman–Crippen MR) is 35.1 cm³/mol. The summed E-state index contributed by atoms with van der Waals surface area (Å²) in [6.45, 7) is 0. The number of aliphatic hydroxyl groups is 3. The van der Waals surface area contributed by atoms with Gasteiger partial charge in [-0.25, -0.2) is 0 Å². The van der Waals surface area contributed by atoms with Gasteiger partial charge in [-0.1, -0.05) is 12.2 Å². The van der Waals surface area contributed by atoms with Gasteiger partial charge in [-0.15, -0.1) is 0 Å². The normalized spacial score (nSPS) is 47.6. The molecule has 0 aliphatic heterocycles. The van der Waals surface area contributed by atoms with Gasteiger partial charge in [-0.3, -0.25) is 0 Å². The van der Waals surface area contributed by atoms with Gasteiger partial charge in [0, 0.05) is 0 Å². The zero-order valence-corrected chi connectivity index (χ0v) is 5.38. The third-order valence-corrected chi connectivity index (χ3v) is 1.62. The van der Waals surface area contributed by atoms with E-state index in [1.54, 1.807) is 0 Å². The van der Waals surface area contributed by atoms with Gasteiger partial charge in [-0.2, -0.15) is 0 Å². The van der Waals surface area contributed by atoms with Crippen molar-refractivity contribution in [1.82, 2.24) is 0 Å². The Bertz CT molecular complexity index is 132. The van der Waals surface area contributed by atoms with Crippen molar-refractivity contribution in [2.24, 2.45) is 5.73 Å².